The zero-order chi connectivity index (χ0) is 12.4. The Morgan fingerprint density at radius 3 is 2.83 bits per heavy atom. The average molecular weight is 258 g/mol. The van der Waals surface area contributed by atoms with Crippen LogP contribution in [0, 0.1) is 0 Å². The van der Waals surface area contributed by atoms with E-state index in [1.165, 1.54) is 0 Å². The van der Waals surface area contributed by atoms with Crippen LogP contribution in [-0.4, -0.2) is 15.0 Å². The molecule has 3 aromatic rings. The largest absolute Gasteiger partial charge is 0.439 e. The molecule has 0 amide bonds. The smallest absolute Gasteiger partial charge is 0.225 e. The van der Waals surface area contributed by atoms with E-state index in [1.807, 2.05) is 30.3 Å². The fraction of sp³-hybridized carbons (Fsp3) is 0. The van der Waals surface area contributed by atoms with E-state index in [0.717, 1.165) is 10.9 Å². The quantitative estimate of drug-likeness (QED) is 0.660. The van der Waals surface area contributed by atoms with Gasteiger partial charge in [-0.1, -0.05) is 6.07 Å². The Balaban J connectivity index is 1.95. The molecule has 0 saturated heterocycles. The number of benzene rings is 1. The van der Waals surface area contributed by atoms with Gasteiger partial charge < -0.3 is 4.74 Å². The van der Waals surface area contributed by atoms with Gasteiger partial charge in [0.15, 0.2) is 0 Å². The summed E-state index contributed by atoms with van der Waals surface area (Å²) in [6, 6.07) is 11.1. The predicted octanol–water partition coefficient (Wildman–Crippen LogP) is 3.47. The highest BCUT2D eigenvalue weighted by atomic mass is 35.5. The van der Waals surface area contributed by atoms with E-state index in [2.05, 4.69) is 15.0 Å². The molecule has 88 valence electrons. The van der Waals surface area contributed by atoms with Crippen molar-refractivity contribution >= 4 is 22.5 Å². The molecule has 2 heterocycles. The van der Waals surface area contributed by atoms with Gasteiger partial charge in [0.2, 0.25) is 11.2 Å². The van der Waals surface area contributed by atoms with E-state index in [0.29, 0.717) is 11.6 Å². The van der Waals surface area contributed by atoms with Crippen LogP contribution in [0.1, 0.15) is 0 Å². The lowest BCUT2D eigenvalue weighted by Gasteiger charge is -2.05. The summed E-state index contributed by atoms with van der Waals surface area (Å²) < 4.78 is 5.60. The van der Waals surface area contributed by atoms with Gasteiger partial charge in [-0.15, -0.1) is 0 Å². The molecule has 2 aromatic heterocycles. The minimum Gasteiger partial charge on any atom is -0.439 e. The molecular formula is C13H8ClN3O. The Morgan fingerprint density at radius 2 is 1.94 bits per heavy atom. The van der Waals surface area contributed by atoms with Gasteiger partial charge in [0.25, 0.3) is 0 Å². The summed E-state index contributed by atoms with van der Waals surface area (Å²) in [5.74, 6) is 1.10. The molecule has 0 bridgehead atoms. The first kappa shape index (κ1) is 10.9. The fourth-order valence-electron chi connectivity index (χ4n) is 1.61. The molecule has 5 heteroatoms. The Hall–Kier alpha value is -2.20. The van der Waals surface area contributed by atoms with Crippen LogP contribution in [0.4, 0.5) is 0 Å². The Labute approximate surface area is 108 Å². The maximum atomic E-state index is 5.69. The minimum absolute atomic E-state index is 0.162. The second kappa shape index (κ2) is 4.58. The van der Waals surface area contributed by atoms with Gasteiger partial charge in [-0.05, 0) is 35.9 Å². The lowest BCUT2D eigenvalue weighted by molar-refractivity contribution is 0.462. The standard InChI is InChI=1S/C13H8ClN3O/c14-13-16-7-5-12(17-13)18-10-3-4-11-9(8-10)2-1-6-15-11/h1-8H. The summed E-state index contributed by atoms with van der Waals surface area (Å²) in [5.41, 5.74) is 0.922. The van der Waals surface area contributed by atoms with Crippen molar-refractivity contribution in [1.29, 1.82) is 0 Å². The third kappa shape index (κ3) is 2.24. The number of ether oxygens (including phenoxy) is 1. The first-order chi connectivity index (χ1) is 8.81. The molecule has 0 fully saturated rings. The van der Waals surface area contributed by atoms with Crippen LogP contribution in [0.3, 0.4) is 0 Å². The maximum Gasteiger partial charge on any atom is 0.225 e. The Morgan fingerprint density at radius 1 is 1.00 bits per heavy atom. The first-order valence-electron chi connectivity index (χ1n) is 5.32. The highest BCUT2D eigenvalue weighted by molar-refractivity contribution is 6.28. The number of nitrogens with zero attached hydrogens (tertiary/aromatic N) is 3. The molecule has 0 saturated carbocycles. The van der Waals surface area contributed by atoms with Gasteiger partial charge in [-0.3, -0.25) is 4.98 Å². The summed E-state index contributed by atoms with van der Waals surface area (Å²) in [6.45, 7) is 0. The van der Waals surface area contributed by atoms with Crippen molar-refractivity contribution in [1.82, 2.24) is 15.0 Å². The number of hydrogen-bond donors (Lipinski definition) is 0. The van der Waals surface area contributed by atoms with Crippen molar-refractivity contribution in [3.8, 4) is 11.6 Å². The van der Waals surface area contributed by atoms with E-state index in [4.69, 9.17) is 16.3 Å². The monoisotopic (exact) mass is 257 g/mol. The summed E-state index contributed by atoms with van der Waals surface area (Å²) >= 11 is 5.69. The van der Waals surface area contributed by atoms with Gasteiger partial charge in [-0.25, -0.2) is 4.98 Å². The molecule has 0 spiro atoms. The molecule has 0 atom stereocenters. The molecule has 4 nitrogen and oxygen atoms in total. The third-order valence-electron chi connectivity index (χ3n) is 2.40. The summed E-state index contributed by atoms with van der Waals surface area (Å²) in [4.78, 5) is 12.0. The topological polar surface area (TPSA) is 47.9 Å². The molecule has 0 unspecified atom stereocenters. The lowest BCUT2D eigenvalue weighted by Crippen LogP contribution is -1.89. The fourth-order valence-corrected chi connectivity index (χ4v) is 1.75. The van der Waals surface area contributed by atoms with Gasteiger partial charge in [0.05, 0.1) is 5.52 Å². The van der Waals surface area contributed by atoms with Gasteiger partial charge in [-0.2, -0.15) is 4.98 Å². The minimum atomic E-state index is 0.162. The van der Waals surface area contributed by atoms with Crippen LogP contribution >= 0.6 is 11.6 Å². The first-order valence-corrected chi connectivity index (χ1v) is 5.70. The second-order valence-corrected chi connectivity index (χ2v) is 3.96. The molecule has 0 radical (unpaired) electrons. The number of aromatic nitrogens is 3. The predicted molar refractivity (Wildman–Crippen MR) is 68.9 cm³/mol. The summed E-state index contributed by atoms with van der Waals surface area (Å²) in [7, 11) is 0. The normalized spacial score (nSPS) is 10.5. The number of halogens is 1. The van der Waals surface area contributed by atoms with Gasteiger partial charge in [0.1, 0.15) is 5.75 Å². The zero-order valence-corrected chi connectivity index (χ0v) is 10.0. The number of hydrogen-bond acceptors (Lipinski definition) is 4. The van der Waals surface area contributed by atoms with Crippen molar-refractivity contribution in [2.24, 2.45) is 0 Å². The number of rotatable bonds is 2. The highest BCUT2D eigenvalue weighted by Crippen LogP contribution is 2.23. The highest BCUT2D eigenvalue weighted by Gasteiger charge is 2.01. The Bertz CT molecular complexity index is 702. The average Bonchev–Trinajstić information content (AvgIpc) is 2.39. The zero-order valence-electron chi connectivity index (χ0n) is 9.25. The van der Waals surface area contributed by atoms with Gasteiger partial charge >= 0.3 is 0 Å². The van der Waals surface area contributed by atoms with Crippen LogP contribution in [0.25, 0.3) is 10.9 Å². The van der Waals surface area contributed by atoms with Crippen LogP contribution in [0.5, 0.6) is 11.6 Å². The summed E-state index contributed by atoms with van der Waals surface area (Å²) in [5, 5.41) is 1.17. The molecule has 0 aliphatic heterocycles. The Kier molecular flexibility index (Phi) is 2.78. The van der Waals surface area contributed by atoms with E-state index in [9.17, 15) is 0 Å². The molecule has 3 rings (SSSR count). The number of fused-ring (bicyclic) bond motifs is 1. The molecule has 18 heavy (non-hydrogen) atoms. The van der Waals surface area contributed by atoms with E-state index >= 15 is 0 Å². The van der Waals surface area contributed by atoms with Crippen LogP contribution < -0.4 is 4.74 Å². The van der Waals surface area contributed by atoms with Crippen molar-refractivity contribution in [3.63, 3.8) is 0 Å². The van der Waals surface area contributed by atoms with Crippen molar-refractivity contribution in [2.45, 2.75) is 0 Å². The summed E-state index contributed by atoms with van der Waals surface area (Å²) in [6.07, 6.45) is 3.31. The van der Waals surface area contributed by atoms with Crippen LogP contribution in [0.15, 0.2) is 48.8 Å². The van der Waals surface area contributed by atoms with Crippen LogP contribution in [-0.2, 0) is 0 Å². The van der Waals surface area contributed by atoms with Crippen molar-refractivity contribution in [3.05, 3.63) is 54.1 Å². The van der Waals surface area contributed by atoms with Crippen molar-refractivity contribution < 1.29 is 4.74 Å². The van der Waals surface area contributed by atoms with Gasteiger partial charge in [0, 0.05) is 23.8 Å². The maximum absolute atomic E-state index is 5.69. The third-order valence-corrected chi connectivity index (χ3v) is 2.58. The molecular weight excluding hydrogens is 250 g/mol. The van der Waals surface area contributed by atoms with Crippen molar-refractivity contribution in [2.75, 3.05) is 0 Å². The van der Waals surface area contributed by atoms with E-state index in [-0.39, 0.29) is 5.28 Å². The molecule has 0 aliphatic rings. The molecule has 0 aliphatic carbocycles. The number of pyridine rings is 1. The molecule has 0 N–H and O–H groups in total. The molecule has 1 aromatic carbocycles. The lowest BCUT2D eigenvalue weighted by atomic mass is 10.2. The second-order valence-electron chi connectivity index (χ2n) is 3.62. The SMILES string of the molecule is Clc1nccc(Oc2ccc3ncccc3c2)n1. The van der Waals surface area contributed by atoms with E-state index < -0.39 is 0 Å². The van der Waals surface area contributed by atoms with E-state index in [1.54, 1.807) is 18.5 Å². The van der Waals surface area contributed by atoms with Crippen LogP contribution in [0.2, 0.25) is 5.28 Å².